The zero-order chi connectivity index (χ0) is 18.9. The molecule has 0 aliphatic carbocycles. The molecule has 1 N–H and O–H groups in total. The Morgan fingerprint density at radius 1 is 1.27 bits per heavy atom. The molecule has 6 nitrogen and oxygen atoms in total. The number of amides is 2. The third-order valence-corrected chi connectivity index (χ3v) is 4.65. The molecule has 2 aromatic rings. The van der Waals surface area contributed by atoms with Gasteiger partial charge in [-0.25, -0.2) is 4.79 Å². The number of hydrogen-bond donors (Lipinski definition) is 1. The normalized spacial score (nSPS) is 18.0. The number of carbonyl (C=O) groups excluding carboxylic acids is 1. The van der Waals surface area contributed by atoms with E-state index in [0.717, 1.165) is 0 Å². The van der Waals surface area contributed by atoms with Gasteiger partial charge in [0.05, 0.1) is 16.0 Å². The van der Waals surface area contributed by atoms with Gasteiger partial charge >= 0.3 is 18.1 Å². The van der Waals surface area contributed by atoms with Crippen molar-refractivity contribution < 1.29 is 22.4 Å². The van der Waals surface area contributed by atoms with Gasteiger partial charge in [0.25, 0.3) is 0 Å². The molecule has 0 bridgehead atoms. The fourth-order valence-corrected chi connectivity index (χ4v) is 2.95. The van der Waals surface area contributed by atoms with Crippen molar-refractivity contribution in [3.05, 3.63) is 40.0 Å². The molecule has 1 saturated heterocycles. The summed E-state index contributed by atoms with van der Waals surface area (Å²) in [5, 5.41) is 9.85. The number of nitrogens with zero attached hydrogens (tertiary/aromatic N) is 3. The molecule has 11 heteroatoms. The van der Waals surface area contributed by atoms with Crippen molar-refractivity contribution in [1.82, 2.24) is 15.1 Å². The van der Waals surface area contributed by atoms with Crippen LogP contribution in [0.25, 0.3) is 0 Å². The highest BCUT2D eigenvalue weighted by Crippen LogP contribution is 2.32. The van der Waals surface area contributed by atoms with Crippen LogP contribution in [0.1, 0.15) is 30.5 Å². The van der Waals surface area contributed by atoms with Gasteiger partial charge in [-0.2, -0.15) is 13.2 Å². The predicted octanol–water partition coefficient (Wildman–Crippen LogP) is 4.81. The second-order valence-corrected chi connectivity index (χ2v) is 6.60. The number of anilines is 1. The number of urea groups is 1. The van der Waals surface area contributed by atoms with E-state index in [4.69, 9.17) is 27.6 Å². The Hall–Kier alpha value is -2.00. The Kier molecular flexibility index (Phi) is 5.29. The third kappa shape index (κ3) is 4.21. The maximum absolute atomic E-state index is 12.6. The number of nitrogens with one attached hydrogen (secondary N) is 1. The second kappa shape index (κ2) is 7.32. The zero-order valence-corrected chi connectivity index (χ0v) is 14.7. The van der Waals surface area contributed by atoms with Crippen molar-refractivity contribution in [2.24, 2.45) is 0 Å². The molecular formula is C15H13Cl2F3N4O2. The quantitative estimate of drug-likeness (QED) is 0.773. The largest absolute Gasteiger partial charge is 0.470 e. The number of halogens is 5. The van der Waals surface area contributed by atoms with Crippen molar-refractivity contribution >= 4 is 34.9 Å². The lowest BCUT2D eigenvalue weighted by atomic mass is 9.98. The minimum absolute atomic E-state index is 0.121. The fourth-order valence-electron chi connectivity index (χ4n) is 2.65. The van der Waals surface area contributed by atoms with Crippen molar-refractivity contribution in [2.75, 3.05) is 18.4 Å². The second-order valence-electron chi connectivity index (χ2n) is 5.79. The van der Waals surface area contributed by atoms with Crippen molar-refractivity contribution in [3.63, 3.8) is 0 Å². The molecule has 1 atom stereocenters. The number of carbonyl (C=O) groups is 1. The molecule has 0 spiro atoms. The van der Waals surface area contributed by atoms with E-state index in [1.165, 1.54) is 11.0 Å². The van der Waals surface area contributed by atoms with Gasteiger partial charge in [0, 0.05) is 18.8 Å². The number of piperidine rings is 1. The van der Waals surface area contributed by atoms with Crippen LogP contribution in [0.15, 0.2) is 22.6 Å². The zero-order valence-electron chi connectivity index (χ0n) is 13.2. The number of likely N-dealkylation sites (tertiary alicyclic amines) is 1. The summed E-state index contributed by atoms with van der Waals surface area (Å²) < 4.78 is 42.5. The first-order valence-electron chi connectivity index (χ1n) is 7.65. The summed E-state index contributed by atoms with van der Waals surface area (Å²) in [5.74, 6) is -1.96. The van der Waals surface area contributed by atoms with E-state index in [2.05, 4.69) is 15.5 Å². The minimum atomic E-state index is -4.69. The van der Waals surface area contributed by atoms with Crippen LogP contribution in [-0.2, 0) is 6.18 Å². The lowest BCUT2D eigenvalue weighted by molar-refractivity contribution is -0.157. The van der Waals surface area contributed by atoms with E-state index in [0.29, 0.717) is 35.1 Å². The molecule has 1 aliphatic rings. The van der Waals surface area contributed by atoms with Crippen LogP contribution in [0.3, 0.4) is 0 Å². The van der Waals surface area contributed by atoms with Crippen LogP contribution >= 0.6 is 23.2 Å². The predicted molar refractivity (Wildman–Crippen MR) is 88.3 cm³/mol. The smallest absolute Gasteiger partial charge is 0.417 e. The first-order valence-corrected chi connectivity index (χ1v) is 8.41. The van der Waals surface area contributed by atoms with Gasteiger partial charge in [0.2, 0.25) is 5.89 Å². The van der Waals surface area contributed by atoms with E-state index < -0.39 is 24.0 Å². The van der Waals surface area contributed by atoms with Crippen LogP contribution in [-0.4, -0.2) is 34.2 Å². The molecule has 140 valence electrons. The van der Waals surface area contributed by atoms with E-state index in [9.17, 15) is 18.0 Å². The van der Waals surface area contributed by atoms with E-state index in [-0.39, 0.29) is 12.4 Å². The number of aromatic nitrogens is 2. The molecule has 2 amide bonds. The van der Waals surface area contributed by atoms with Crippen LogP contribution in [0, 0.1) is 0 Å². The first kappa shape index (κ1) is 18.8. The Bertz CT molecular complexity index is 812. The van der Waals surface area contributed by atoms with Gasteiger partial charge in [0.1, 0.15) is 0 Å². The van der Waals surface area contributed by atoms with Gasteiger partial charge in [-0.05, 0) is 31.0 Å². The lowest BCUT2D eigenvalue weighted by Gasteiger charge is -2.31. The highest BCUT2D eigenvalue weighted by Gasteiger charge is 2.39. The summed E-state index contributed by atoms with van der Waals surface area (Å²) in [6, 6.07) is 4.26. The van der Waals surface area contributed by atoms with E-state index in [1.54, 1.807) is 12.1 Å². The maximum atomic E-state index is 12.6. The highest BCUT2D eigenvalue weighted by atomic mass is 35.5. The van der Waals surface area contributed by atoms with Crippen LogP contribution in [0.4, 0.5) is 23.7 Å². The summed E-state index contributed by atoms with van der Waals surface area (Å²) in [5.41, 5.74) is 0.462. The number of hydrogen-bond acceptors (Lipinski definition) is 4. The molecule has 3 rings (SSSR count). The molecule has 26 heavy (non-hydrogen) atoms. The summed E-state index contributed by atoms with van der Waals surface area (Å²) in [6.07, 6.45) is -3.54. The van der Waals surface area contributed by atoms with Gasteiger partial charge in [-0.15, -0.1) is 10.2 Å². The number of alkyl halides is 3. The van der Waals surface area contributed by atoms with Gasteiger partial charge in [-0.3, -0.25) is 0 Å². The third-order valence-electron chi connectivity index (χ3n) is 3.91. The minimum Gasteiger partial charge on any atom is -0.417 e. The standard InChI is InChI=1S/C15H13Cl2F3N4O2/c16-10-4-3-9(6-11(10)17)21-14(25)24-5-1-2-8(7-24)12-22-23-13(26-12)15(18,19)20/h3-4,6,8H,1-2,5,7H2,(H,21,25). The van der Waals surface area contributed by atoms with Crippen LogP contribution in [0.5, 0.6) is 0 Å². The Balaban J connectivity index is 1.66. The van der Waals surface area contributed by atoms with E-state index >= 15 is 0 Å². The fraction of sp³-hybridized carbons (Fsp3) is 0.400. The lowest BCUT2D eigenvalue weighted by Crippen LogP contribution is -2.41. The summed E-state index contributed by atoms with van der Waals surface area (Å²) in [4.78, 5) is 13.9. The van der Waals surface area contributed by atoms with Crippen molar-refractivity contribution in [1.29, 1.82) is 0 Å². The highest BCUT2D eigenvalue weighted by molar-refractivity contribution is 6.42. The maximum Gasteiger partial charge on any atom is 0.470 e. The molecule has 2 heterocycles. The molecular weight excluding hydrogens is 396 g/mol. The molecule has 1 aromatic carbocycles. The van der Waals surface area contributed by atoms with Gasteiger partial charge in [-0.1, -0.05) is 23.2 Å². The van der Waals surface area contributed by atoms with Crippen molar-refractivity contribution in [2.45, 2.75) is 24.9 Å². The molecule has 0 saturated carbocycles. The van der Waals surface area contributed by atoms with Gasteiger partial charge < -0.3 is 14.6 Å². The Morgan fingerprint density at radius 3 is 2.69 bits per heavy atom. The number of benzene rings is 1. The molecule has 1 aromatic heterocycles. The van der Waals surface area contributed by atoms with Crippen LogP contribution in [0.2, 0.25) is 10.0 Å². The van der Waals surface area contributed by atoms with E-state index in [1.807, 2.05) is 0 Å². The SMILES string of the molecule is O=C(Nc1ccc(Cl)c(Cl)c1)N1CCCC(c2nnc(C(F)(F)F)o2)C1. The number of rotatable bonds is 2. The summed E-state index contributed by atoms with van der Waals surface area (Å²) in [6.45, 7) is 0.635. The first-order chi connectivity index (χ1) is 12.2. The summed E-state index contributed by atoms with van der Waals surface area (Å²) in [7, 11) is 0. The topological polar surface area (TPSA) is 71.3 Å². The van der Waals surface area contributed by atoms with Crippen molar-refractivity contribution in [3.8, 4) is 0 Å². The summed E-state index contributed by atoms with van der Waals surface area (Å²) >= 11 is 11.7. The average Bonchev–Trinajstić information content (AvgIpc) is 3.09. The molecule has 1 aliphatic heterocycles. The van der Waals surface area contributed by atoms with Gasteiger partial charge in [0.15, 0.2) is 0 Å². The average molecular weight is 409 g/mol. The Morgan fingerprint density at radius 2 is 2.04 bits per heavy atom. The molecule has 1 fully saturated rings. The van der Waals surface area contributed by atoms with Crippen LogP contribution < -0.4 is 5.32 Å². The molecule has 1 unspecified atom stereocenters. The molecule has 0 radical (unpaired) electrons. The Labute approximate surface area is 156 Å². The monoisotopic (exact) mass is 408 g/mol.